The number of nitrogens with two attached hydrogens (primary N) is 1. The fraction of sp³-hybridized carbons (Fsp3) is 0.143. The van der Waals surface area contributed by atoms with Gasteiger partial charge in [0.15, 0.2) is 0 Å². The highest BCUT2D eigenvalue weighted by molar-refractivity contribution is 7.89. The van der Waals surface area contributed by atoms with Crippen molar-refractivity contribution in [3.8, 4) is 0 Å². The number of halogens is 1. The Morgan fingerprint density at radius 3 is 2.40 bits per heavy atom. The van der Waals surface area contributed by atoms with E-state index in [1.807, 2.05) is 30.3 Å². The third-order valence-electron chi connectivity index (χ3n) is 2.91. The number of hydrogen-bond donors (Lipinski definition) is 2. The lowest BCUT2D eigenvalue weighted by Gasteiger charge is -2.15. The summed E-state index contributed by atoms with van der Waals surface area (Å²) >= 11 is 5.79. The third kappa shape index (κ3) is 3.30. The highest BCUT2D eigenvalue weighted by Crippen LogP contribution is 2.23. The van der Waals surface area contributed by atoms with E-state index in [0.29, 0.717) is 5.02 Å². The Morgan fingerprint density at radius 2 is 1.80 bits per heavy atom. The van der Waals surface area contributed by atoms with Gasteiger partial charge in [-0.25, -0.2) is 13.1 Å². The Labute approximate surface area is 123 Å². The van der Waals surface area contributed by atoms with Gasteiger partial charge in [-0.15, -0.1) is 0 Å². The molecule has 106 valence electrons. The molecule has 0 radical (unpaired) electrons. The normalized spacial score (nSPS) is 13.1. The summed E-state index contributed by atoms with van der Waals surface area (Å²) in [5.41, 5.74) is 6.76. The van der Waals surface area contributed by atoms with Crippen LogP contribution in [-0.2, 0) is 10.0 Å². The first-order chi connectivity index (χ1) is 9.40. The van der Waals surface area contributed by atoms with Crippen molar-refractivity contribution < 1.29 is 8.42 Å². The van der Waals surface area contributed by atoms with E-state index < -0.39 is 10.0 Å². The number of hydrogen-bond acceptors (Lipinski definition) is 3. The molecule has 0 aliphatic carbocycles. The third-order valence-corrected chi connectivity index (χ3v) is 4.79. The van der Waals surface area contributed by atoms with Gasteiger partial charge in [-0.2, -0.15) is 0 Å². The maximum atomic E-state index is 12.3. The second-order valence-corrected chi connectivity index (χ2v) is 6.56. The molecule has 2 rings (SSSR count). The molecule has 0 saturated heterocycles. The van der Waals surface area contributed by atoms with Crippen molar-refractivity contribution in [3.63, 3.8) is 0 Å². The van der Waals surface area contributed by atoms with Crippen molar-refractivity contribution in [1.29, 1.82) is 0 Å². The minimum atomic E-state index is -3.64. The van der Waals surface area contributed by atoms with Crippen LogP contribution in [0.15, 0.2) is 53.4 Å². The molecule has 0 saturated carbocycles. The topological polar surface area (TPSA) is 72.2 Å². The Bertz CT molecular complexity index is 702. The smallest absolute Gasteiger partial charge is 0.241 e. The number of sulfonamides is 1. The summed E-state index contributed by atoms with van der Waals surface area (Å²) in [6, 6.07) is 13.2. The molecule has 0 spiro atoms. The van der Waals surface area contributed by atoms with Crippen molar-refractivity contribution in [2.24, 2.45) is 0 Å². The zero-order valence-electron chi connectivity index (χ0n) is 10.9. The van der Waals surface area contributed by atoms with Gasteiger partial charge in [0.05, 0.1) is 15.6 Å². The molecular weight excluding hydrogens is 296 g/mol. The van der Waals surface area contributed by atoms with E-state index in [-0.39, 0.29) is 16.6 Å². The summed E-state index contributed by atoms with van der Waals surface area (Å²) in [4.78, 5) is 0.0992. The van der Waals surface area contributed by atoms with Crippen molar-refractivity contribution in [2.45, 2.75) is 17.9 Å². The van der Waals surface area contributed by atoms with E-state index in [4.69, 9.17) is 17.3 Å². The van der Waals surface area contributed by atoms with E-state index in [2.05, 4.69) is 4.72 Å². The van der Waals surface area contributed by atoms with Crippen molar-refractivity contribution in [3.05, 3.63) is 59.1 Å². The Hall–Kier alpha value is -1.56. The fourth-order valence-electron chi connectivity index (χ4n) is 1.80. The fourth-order valence-corrected chi connectivity index (χ4v) is 3.18. The van der Waals surface area contributed by atoms with Crippen LogP contribution in [-0.4, -0.2) is 8.42 Å². The van der Waals surface area contributed by atoms with Gasteiger partial charge in [0.2, 0.25) is 10.0 Å². The van der Waals surface area contributed by atoms with Crippen LogP contribution in [0.2, 0.25) is 5.02 Å². The quantitative estimate of drug-likeness (QED) is 0.853. The second kappa shape index (κ2) is 5.83. The lowest BCUT2D eigenvalue weighted by atomic mass is 10.1. The Morgan fingerprint density at radius 1 is 1.15 bits per heavy atom. The lowest BCUT2D eigenvalue weighted by molar-refractivity contribution is 0.567. The van der Waals surface area contributed by atoms with Crippen molar-refractivity contribution in [2.75, 3.05) is 5.73 Å². The largest absolute Gasteiger partial charge is 0.397 e. The molecule has 0 aliphatic heterocycles. The maximum Gasteiger partial charge on any atom is 0.241 e. The summed E-state index contributed by atoms with van der Waals surface area (Å²) in [5.74, 6) is 0. The molecule has 20 heavy (non-hydrogen) atoms. The minimum absolute atomic E-state index is 0.0992. The predicted octanol–water partition coefficient (Wildman–Crippen LogP) is 2.96. The molecule has 2 aromatic carbocycles. The summed E-state index contributed by atoms with van der Waals surface area (Å²) in [6.45, 7) is 1.78. The highest BCUT2D eigenvalue weighted by Gasteiger charge is 2.18. The van der Waals surface area contributed by atoms with Crippen LogP contribution in [0.4, 0.5) is 5.69 Å². The molecule has 0 amide bonds. The summed E-state index contributed by atoms with van der Waals surface area (Å²) < 4.78 is 27.1. The van der Waals surface area contributed by atoms with E-state index in [9.17, 15) is 8.42 Å². The zero-order chi connectivity index (χ0) is 14.8. The first kappa shape index (κ1) is 14.8. The predicted molar refractivity (Wildman–Crippen MR) is 81.0 cm³/mol. The average molecular weight is 311 g/mol. The molecule has 0 aromatic heterocycles. The first-order valence-electron chi connectivity index (χ1n) is 6.02. The summed E-state index contributed by atoms with van der Waals surface area (Å²) in [7, 11) is -3.64. The average Bonchev–Trinajstić information content (AvgIpc) is 2.42. The van der Waals surface area contributed by atoms with Crippen molar-refractivity contribution in [1.82, 2.24) is 4.72 Å². The van der Waals surface area contributed by atoms with E-state index in [1.165, 1.54) is 18.2 Å². The van der Waals surface area contributed by atoms with Crippen LogP contribution in [0.5, 0.6) is 0 Å². The van der Waals surface area contributed by atoms with Gasteiger partial charge >= 0.3 is 0 Å². The van der Waals surface area contributed by atoms with Crippen LogP contribution in [0.1, 0.15) is 18.5 Å². The van der Waals surface area contributed by atoms with Gasteiger partial charge in [-0.05, 0) is 30.7 Å². The molecule has 0 unspecified atom stereocenters. The minimum Gasteiger partial charge on any atom is -0.397 e. The molecule has 4 nitrogen and oxygen atoms in total. The van der Waals surface area contributed by atoms with Gasteiger partial charge in [-0.1, -0.05) is 41.9 Å². The Kier molecular flexibility index (Phi) is 4.32. The summed E-state index contributed by atoms with van der Waals surface area (Å²) in [6.07, 6.45) is 0. The second-order valence-electron chi connectivity index (χ2n) is 4.44. The molecule has 0 bridgehead atoms. The number of rotatable bonds is 4. The van der Waals surface area contributed by atoms with Crippen LogP contribution in [0.25, 0.3) is 0 Å². The van der Waals surface area contributed by atoms with Gasteiger partial charge < -0.3 is 5.73 Å². The van der Waals surface area contributed by atoms with E-state index >= 15 is 0 Å². The zero-order valence-corrected chi connectivity index (χ0v) is 12.4. The van der Waals surface area contributed by atoms with E-state index in [1.54, 1.807) is 6.92 Å². The highest BCUT2D eigenvalue weighted by atomic mass is 35.5. The van der Waals surface area contributed by atoms with Gasteiger partial charge in [0.25, 0.3) is 0 Å². The standard InChI is InChI=1S/C14H15ClN2O2S/c1-10(11-5-3-2-4-6-11)17-20(18,19)12-7-8-13(15)14(16)9-12/h2-10,17H,16H2,1H3/t10-/m0/s1. The number of nitrogens with one attached hydrogen (secondary N) is 1. The molecule has 2 aromatic rings. The SMILES string of the molecule is C[C@H](NS(=O)(=O)c1ccc(Cl)c(N)c1)c1ccccc1. The van der Waals surface area contributed by atoms with Gasteiger partial charge in [0, 0.05) is 6.04 Å². The van der Waals surface area contributed by atoms with Crippen LogP contribution < -0.4 is 10.5 Å². The lowest BCUT2D eigenvalue weighted by Crippen LogP contribution is -2.26. The number of nitrogen functional groups attached to an aromatic ring is 1. The molecule has 0 heterocycles. The molecule has 3 N–H and O–H groups in total. The molecule has 0 aliphatic rings. The van der Waals surface area contributed by atoms with E-state index in [0.717, 1.165) is 5.56 Å². The molecule has 0 fully saturated rings. The first-order valence-corrected chi connectivity index (χ1v) is 7.88. The Balaban J connectivity index is 2.25. The maximum absolute atomic E-state index is 12.3. The van der Waals surface area contributed by atoms with Crippen LogP contribution in [0, 0.1) is 0 Å². The van der Waals surface area contributed by atoms with Crippen LogP contribution in [0.3, 0.4) is 0 Å². The monoisotopic (exact) mass is 310 g/mol. The van der Waals surface area contributed by atoms with Gasteiger partial charge in [-0.3, -0.25) is 0 Å². The molecular formula is C14H15ClN2O2S. The number of anilines is 1. The van der Waals surface area contributed by atoms with Crippen molar-refractivity contribution >= 4 is 27.3 Å². The molecule has 6 heteroatoms. The molecule has 1 atom stereocenters. The number of benzene rings is 2. The summed E-state index contributed by atoms with van der Waals surface area (Å²) in [5, 5.41) is 0.333. The van der Waals surface area contributed by atoms with Crippen LogP contribution >= 0.6 is 11.6 Å². The van der Waals surface area contributed by atoms with Gasteiger partial charge in [0.1, 0.15) is 0 Å².